The van der Waals surface area contributed by atoms with Crippen LogP contribution in [0.4, 0.5) is 5.69 Å². The number of nitro groups is 1. The van der Waals surface area contributed by atoms with Gasteiger partial charge in [0.2, 0.25) is 0 Å². The summed E-state index contributed by atoms with van der Waals surface area (Å²) < 4.78 is 0. The molecule has 4 nitrogen and oxygen atoms in total. The van der Waals surface area contributed by atoms with Crippen LogP contribution in [0.1, 0.15) is 51.1 Å². The van der Waals surface area contributed by atoms with Crippen molar-refractivity contribution in [1.82, 2.24) is 5.32 Å². The third-order valence-corrected chi connectivity index (χ3v) is 4.20. The molecule has 1 fully saturated rings. The van der Waals surface area contributed by atoms with E-state index in [4.69, 9.17) is 0 Å². The average Bonchev–Trinajstić information content (AvgIpc) is 2.92. The van der Waals surface area contributed by atoms with Gasteiger partial charge in [0.05, 0.1) is 4.92 Å². The van der Waals surface area contributed by atoms with Crippen molar-refractivity contribution in [2.75, 3.05) is 0 Å². The van der Waals surface area contributed by atoms with Crippen molar-refractivity contribution >= 4 is 5.69 Å². The van der Waals surface area contributed by atoms with Gasteiger partial charge in [0.25, 0.3) is 5.69 Å². The summed E-state index contributed by atoms with van der Waals surface area (Å²) in [6.45, 7) is 4.30. The summed E-state index contributed by atoms with van der Waals surface area (Å²) >= 11 is 0. The normalized spacial score (nSPS) is 19.3. The molecule has 4 heteroatoms. The second kappa shape index (κ2) is 6.15. The molecule has 0 saturated heterocycles. The summed E-state index contributed by atoms with van der Waals surface area (Å²) in [5.41, 5.74) is 1.15. The maximum atomic E-state index is 10.8. The van der Waals surface area contributed by atoms with E-state index in [0.717, 1.165) is 11.5 Å². The van der Waals surface area contributed by atoms with Crippen molar-refractivity contribution in [1.29, 1.82) is 0 Å². The van der Waals surface area contributed by atoms with E-state index in [1.807, 2.05) is 6.07 Å². The first-order chi connectivity index (χ1) is 9.08. The lowest BCUT2D eigenvalue weighted by atomic mass is 9.97. The minimum absolute atomic E-state index is 0.149. The van der Waals surface area contributed by atoms with E-state index in [2.05, 4.69) is 19.2 Å². The zero-order chi connectivity index (χ0) is 13.8. The second-order valence-electron chi connectivity index (χ2n) is 5.57. The number of non-ortho nitro benzene ring substituents is 1. The lowest BCUT2D eigenvalue weighted by Crippen LogP contribution is -2.34. The van der Waals surface area contributed by atoms with E-state index in [0.29, 0.717) is 6.04 Å². The first-order valence-electron chi connectivity index (χ1n) is 7.08. The first kappa shape index (κ1) is 14.0. The predicted octanol–water partition coefficient (Wildman–Crippen LogP) is 3.82. The third-order valence-electron chi connectivity index (χ3n) is 4.20. The Morgan fingerprint density at radius 1 is 1.32 bits per heavy atom. The number of nitro benzene ring substituents is 1. The minimum Gasteiger partial charge on any atom is -0.307 e. The molecule has 1 aliphatic carbocycles. The molecule has 19 heavy (non-hydrogen) atoms. The second-order valence-corrected chi connectivity index (χ2v) is 5.57. The predicted molar refractivity (Wildman–Crippen MR) is 76.1 cm³/mol. The maximum Gasteiger partial charge on any atom is 0.269 e. The van der Waals surface area contributed by atoms with Crippen LogP contribution in [-0.2, 0) is 0 Å². The number of nitrogens with one attached hydrogen (secondary N) is 1. The molecule has 1 aliphatic rings. The molecule has 2 atom stereocenters. The highest BCUT2D eigenvalue weighted by atomic mass is 16.6. The van der Waals surface area contributed by atoms with Crippen LogP contribution >= 0.6 is 0 Å². The summed E-state index contributed by atoms with van der Waals surface area (Å²) in [6.07, 6.45) is 5.27. The molecule has 1 N–H and O–H groups in total. The average molecular weight is 262 g/mol. The molecule has 1 aromatic rings. The summed E-state index contributed by atoms with van der Waals surface area (Å²) in [5.74, 6) is 0.751. The van der Waals surface area contributed by atoms with Crippen LogP contribution < -0.4 is 5.32 Å². The van der Waals surface area contributed by atoms with Gasteiger partial charge < -0.3 is 5.32 Å². The van der Waals surface area contributed by atoms with Gasteiger partial charge in [0, 0.05) is 24.2 Å². The molecule has 0 spiro atoms. The van der Waals surface area contributed by atoms with Gasteiger partial charge in [0.1, 0.15) is 0 Å². The Hall–Kier alpha value is -1.42. The van der Waals surface area contributed by atoms with E-state index in [1.54, 1.807) is 12.1 Å². The SMILES string of the molecule is CC(NC(C)C1CCCC1)c1cccc([N+](=O)[O-])c1. The van der Waals surface area contributed by atoms with Gasteiger partial charge in [-0.05, 0) is 38.2 Å². The molecule has 0 bridgehead atoms. The van der Waals surface area contributed by atoms with Crippen LogP contribution in [0.25, 0.3) is 0 Å². The quantitative estimate of drug-likeness (QED) is 0.648. The molecule has 104 valence electrons. The molecule has 1 aromatic carbocycles. The molecule has 0 aliphatic heterocycles. The highest BCUT2D eigenvalue weighted by Crippen LogP contribution is 2.29. The van der Waals surface area contributed by atoms with Gasteiger partial charge in [-0.3, -0.25) is 10.1 Å². The van der Waals surface area contributed by atoms with E-state index in [1.165, 1.54) is 31.7 Å². The van der Waals surface area contributed by atoms with Gasteiger partial charge >= 0.3 is 0 Å². The molecular weight excluding hydrogens is 240 g/mol. The maximum absolute atomic E-state index is 10.8. The Morgan fingerprint density at radius 3 is 2.63 bits per heavy atom. The highest BCUT2D eigenvalue weighted by molar-refractivity contribution is 5.35. The lowest BCUT2D eigenvalue weighted by molar-refractivity contribution is -0.384. The number of nitrogens with zero attached hydrogens (tertiary/aromatic N) is 1. The van der Waals surface area contributed by atoms with Crippen molar-refractivity contribution < 1.29 is 4.92 Å². The largest absolute Gasteiger partial charge is 0.307 e. The summed E-state index contributed by atoms with van der Waals surface area (Å²) in [6, 6.07) is 7.53. The Labute approximate surface area is 114 Å². The van der Waals surface area contributed by atoms with Crippen LogP contribution in [-0.4, -0.2) is 11.0 Å². The molecule has 0 radical (unpaired) electrons. The van der Waals surface area contributed by atoms with Crippen LogP contribution in [0.2, 0.25) is 0 Å². The number of rotatable bonds is 5. The van der Waals surface area contributed by atoms with Crippen LogP contribution in [0, 0.1) is 16.0 Å². The molecule has 0 aromatic heterocycles. The van der Waals surface area contributed by atoms with Crippen molar-refractivity contribution in [3.8, 4) is 0 Å². The van der Waals surface area contributed by atoms with Gasteiger partial charge in [-0.2, -0.15) is 0 Å². The van der Waals surface area contributed by atoms with Gasteiger partial charge in [-0.1, -0.05) is 25.0 Å². The Bertz CT molecular complexity index is 442. The van der Waals surface area contributed by atoms with Crippen LogP contribution in [0.15, 0.2) is 24.3 Å². The zero-order valence-electron chi connectivity index (χ0n) is 11.6. The summed E-state index contributed by atoms with van der Waals surface area (Å²) in [4.78, 5) is 10.5. The minimum atomic E-state index is -0.337. The van der Waals surface area contributed by atoms with E-state index in [9.17, 15) is 10.1 Å². The Morgan fingerprint density at radius 2 is 2.00 bits per heavy atom. The smallest absolute Gasteiger partial charge is 0.269 e. The number of hydrogen-bond donors (Lipinski definition) is 1. The van der Waals surface area contributed by atoms with Crippen molar-refractivity contribution in [3.63, 3.8) is 0 Å². The molecule has 1 saturated carbocycles. The summed E-state index contributed by atoms with van der Waals surface area (Å²) in [5, 5.41) is 14.4. The Balaban J connectivity index is 2.00. The van der Waals surface area contributed by atoms with Crippen molar-refractivity contribution in [2.45, 2.75) is 51.6 Å². The van der Waals surface area contributed by atoms with E-state index < -0.39 is 0 Å². The molecule has 0 amide bonds. The summed E-state index contributed by atoms with van der Waals surface area (Å²) in [7, 11) is 0. The topological polar surface area (TPSA) is 55.2 Å². The standard InChI is InChI=1S/C15H22N2O2/c1-11(13-6-3-4-7-13)16-12(2)14-8-5-9-15(10-14)17(18)19/h5,8-13,16H,3-4,6-7H2,1-2H3. The number of hydrogen-bond acceptors (Lipinski definition) is 3. The molecule has 0 heterocycles. The fraction of sp³-hybridized carbons (Fsp3) is 0.600. The van der Waals surface area contributed by atoms with Gasteiger partial charge in [-0.25, -0.2) is 0 Å². The van der Waals surface area contributed by atoms with Gasteiger partial charge in [-0.15, -0.1) is 0 Å². The first-order valence-corrected chi connectivity index (χ1v) is 7.08. The van der Waals surface area contributed by atoms with Crippen LogP contribution in [0.5, 0.6) is 0 Å². The molecule has 2 rings (SSSR count). The monoisotopic (exact) mass is 262 g/mol. The third kappa shape index (κ3) is 3.53. The fourth-order valence-electron chi connectivity index (χ4n) is 2.99. The van der Waals surface area contributed by atoms with E-state index in [-0.39, 0.29) is 16.7 Å². The van der Waals surface area contributed by atoms with Crippen molar-refractivity contribution in [2.24, 2.45) is 5.92 Å². The van der Waals surface area contributed by atoms with Gasteiger partial charge in [0.15, 0.2) is 0 Å². The van der Waals surface area contributed by atoms with Crippen molar-refractivity contribution in [3.05, 3.63) is 39.9 Å². The molecule has 2 unspecified atom stereocenters. The molecular formula is C15H22N2O2. The van der Waals surface area contributed by atoms with E-state index >= 15 is 0 Å². The zero-order valence-corrected chi connectivity index (χ0v) is 11.6. The highest BCUT2D eigenvalue weighted by Gasteiger charge is 2.23. The van der Waals surface area contributed by atoms with Crippen LogP contribution in [0.3, 0.4) is 0 Å². The number of benzene rings is 1. The Kier molecular flexibility index (Phi) is 4.53. The fourth-order valence-corrected chi connectivity index (χ4v) is 2.99. The lowest BCUT2D eigenvalue weighted by Gasteiger charge is -2.25.